The van der Waals surface area contributed by atoms with Gasteiger partial charge in [-0.2, -0.15) is 0 Å². The van der Waals surface area contributed by atoms with E-state index in [4.69, 9.17) is 9.47 Å². The number of aromatic nitrogens is 1. The van der Waals surface area contributed by atoms with E-state index in [-0.39, 0.29) is 12.5 Å². The van der Waals surface area contributed by atoms with E-state index in [1.54, 1.807) is 4.90 Å². The van der Waals surface area contributed by atoms with Crippen LogP contribution in [0.4, 0.5) is 0 Å². The Morgan fingerprint density at radius 1 is 1.25 bits per heavy atom. The van der Waals surface area contributed by atoms with Gasteiger partial charge in [0.15, 0.2) is 6.61 Å². The molecule has 1 aromatic carbocycles. The number of aryl methyl sites for hydroxylation is 1. The molecule has 0 bridgehead atoms. The van der Waals surface area contributed by atoms with Gasteiger partial charge in [-0.05, 0) is 30.5 Å². The molecule has 1 saturated heterocycles. The van der Waals surface area contributed by atoms with Crippen molar-refractivity contribution < 1.29 is 14.3 Å². The monoisotopic (exact) mass is 330 g/mol. The molecule has 0 saturated carbocycles. The van der Waals surface area contributed by atoms with Gasteiger partial charge in [-0.15, -0.1) is 0 Å². The maximum absolute atomic E-state index is 12.2. The molecule has 130 valence electrons. The zero-order valence-electron chi connectivity index (χ0n) is 14.5. The second-order valence-corrected chi connectivity index (χ2v) is 6.66. The first-order valence-corrected chi connectivity index (χ1v) is 8.71. The molecule has 2 heterocycles. The number of rotatable bonds is 6. The van der Waals surface area contributed by atoms with Gasteiger partial charge in [-0.1, -0.05) is 19.9 Å². The Labute approximate surface area is 143 Å². The Hall–Kier alpha value is -2.01. The van der Waals surface area contributed by atoms with Crippen molar-refractivity contribution in [2.75, 3.05) is 32.9 Å². The average Bonchev–Trinajstić information content (AvgIpc) is 3.02. The van der Waals surface area contributed by atoms with Gasteiger partial charge in [0.25, 0.3) is 5.91 Å². The lowest BCUT2D eigenvalue weighted by Gasteiger charge is -2.26. The summed E-state index contributed by atoms with van der Waals surface area (Å²) in [5, 5.41) is 1.07. The number of morpholine rings is 1. The van der Waals surface area contributed by atoms with Crippen LogP contribution in [-0.4, -0.2) is 48.3 Å². The number of ether oxygens (including phenoxy) is 2. The number of carbonyl (C=O) groups excluding carboxylic acids is 1. The van der Waals surface area contributed by atoms with Crippen molar-refractivity contribution in [2.24, 2.45) is 5.92 Å². The topological polar surface area (TPSA) is 43.7 Å². The van der Waals surface area contributed by atoms with E-state index in [0.29, 0.717) is 32.2 Å². The van der Waals surface area contributed by atoms with Gasteiger partial charge in [0, 0.05) is 31.2 Å². The Bertz CT molecular complexity index is 687. The van der Waals surface area contributed by atoms with Crippen molar-refractivity contribution in [1.82, 2.24) is 9.47 Å². The van der Waals surface area contributed by atoms with Crippen LogP contribution in [0.2, 0.25) is 0 Å². The van der Waals surface area contributed by atoms with Gasteiger partial charge in [0.2, 0.25) is 0 Å². The van der Waals surface area contributed by atoms with Crippen LogP contribution in [0.25, 0.3) is 10.9 Å². The Morgan fingerprint density at radius 2 is 2.04 bits per heavy atom. The largest absolute Gasteiger partial charge is 0.483 e. The molecular weight excluding hydrogens is 304 g/mol. The van der Waals surface area contributed by atoms with Crippen LogP contribution in [0.1, 0.15) is 20.3 Å². The molecular formula is C19H26N2O3. The zero-order valence-corrected chi connectivity index (χ0v) is 14.5. The highest BCUT2D eigenvalue weighted by atomic mass is 16.5. The van der Waals surface area contributed by atoms with E-state index in [1.807, 2.05) is 12.1 Å². The fourth-order valence-electron chi connectivity index (χ4n) is 2.96. The number of fused-ring (bicyclic) bond motifs is 1. The molecule has 2 aromatic rings. The summed E-state index contributed by atoms with van der Waals surface area (Å²) in [6, 6.07) is 8.10. The standard InChI is InChI=1S/C19H26N2O3/c1-15(2)6-8-20-9-7-16-17(20)4-3-5-18(16)24-14-19(22)21-10-12-23-13-11-21/h3-5,7,9,15H,6,8,10-14H2,1-2H3. The van der Waals surface area contributed by atoms with E-state index < -0.39 is 0 Å². The molecule has 5 heteroatoms. The summed E-state index contributed by atoms with van der Waals surface area (Å²) in [7, 11) is 0. The molecule has 1 amide bonds. The molecule has 3 rings (SSSR count). The van der Waals surface area contributed by atoms with Gasteiger partial charge in [-0.3, -0.25) is 4.79 Å². The van der Waals surface area contributed by atoms with Gasteiger partial charge in [-0.25, -0.2) is 0 Å². The highest BCUT2D eigenvalue weighted by Gasteiger charge is 2.17. The molecule has 0 N–H and O–H groups in total. The lowest BCUT2D eigenvalue weighted by Crippen LogP contribution is -2.42. The normalized spacial score (nSPS) is 15.2. The Balaban J connectivity index is 1.67. The molecule has 0 atom stereocenters. The first-order valence-electron chi connectivity index (χ1n) is 8.71. The average molecular weight is 330 g/mol. The number of amides is 1. The van der Waals surface area contributed by atoms with Crippen molar-refractivity contribution in [1.29, 1.82) is 0 Å². The number of hydrogen-bond acceptors (Lipinski definition) is 3. The van der Waals surface area contributed by atoms with Crippen LogP contribution in [0.5, 0.6) is 5.75 Å². The SMILES string of the molecule is CC(C)CCn1ccc2c(OCC(=O)N3CCOCC3)cccc21. The molecule has 0 unspecified atom stereocenters. The minimum atomic E-state index is 0.0227. The third-order valence-corrected chi connectivity index (χ3v) is 4.44. The quantitative estimate of drug-likeness (QED) is 0.818. The molecule has 1 aliphatic rings. The van der Waals surface area contributed by atoms with Crippen molar-refractivity contribution in [3.05, 3.63) is 30.5 Å². The van der Waals surface area contributed by atoms with Gasteiger partial charge in [0.05, 0.1) is 18.7 Å². The van der Waals surface area contributed by atoms with E-state index in [0.717, 1.165) is 29.6 Å². The van der Waals surface area contributed by atoms with Crippen LogP contribution in [0, 0.1) is 5.92 Å². The van der Waals surface area contributed by atoms with E-state index in [9.17, 15) is 4.79 Å². The highest BCUT2D eigenvalue weighted by molar-refractivity contribution is 5.87. The van der Waals surface area contributed by atoms with Crippen LogP contribution in [0.15, 0.2) is 30.5 Å². The minimum Gasteiger partial charge on any atom is -0.483 e. The smallest absolute Gasteiger partial charge is 0.260 e. The van der Waals surface area contributed by atoms with Gasteiger partial charge >= 0.3 is 0 Å². The molecule has 1 aliphatic heterocycles. The molecule has 5 nitrogen and oxygen atoms in total. The van der Waals surface area contributed by atoms with Crippen molar-refractivity contribution in [3.63, 3.8) is 0 Å². The fraction of sp³-hybridized carbons (Fsp3) is 0.526. The number of nitrogens with zero attached hydrogens (tertiary/aromatic N) is 2. The Morgan fingerprint density at radius 3 is 2.79 bits per heavy atom. The summed E-state index contributed by atoms with van der Waals surface area (Å²) in [4.78, 5) is 14.0. The summed E-state index contributed by atoms with van der Waals surface area (Å²) in [5.74, 6) is 1.47. The second-order valence-electron chi connectivity index (χ2n) is 6.66. The highest BCUT2D eigenvalue weighted by Crippen LogP contribution is 2.27. The van der Waals surface area contributed by atoms with Crippen LogP contribution in [0.3, 0.4) is 0 Å². The minimum absolute atomic E-state index is 0.0227. The molecule has 0 radical (unpaired) electrons. The lowest BCUT2D eigenvalue weighted by molar-refractivity contribution is -0.137. The number of carbonyl (C=O) groups is 1. The fourth-order valence-corrected chi connectivity index (χ4v) is 2.96. The third kappa shape index (κ3) is 3.90. The van der Waals surface area contributed by atoms with E-state index in [1.165, 1.54) is 0 Å². The predicted octanol–water partition coefficient (Wildman–Crippen LogP) is 2.93. The van der Waals surface area contributed by atoms with Gasteiger partial charge < -0.3 is 18.9 Å². The van der Waals surface area contributed by atoms with Crippen LogP contribution in [-0.2, 0) is 16.1 Å². The van der Waals surface area contributed by atoms with Crippen molar-refractivity contribution in [3.8, 4) is 5.75 Å². The molecule has 0 spiro atoms. The Kier molecular flexibility index (Phi) is 5.41. The number of benzene rings is 1. The van der Waals surface area contributed by atoms with Gasteiger partial charge in [0.1, 0.15) is 5.75 Å². The first-order chi connectivity index (χ1) is 11.6. The summed E-state index contributed by atoms with van der Waals surface area (Å²) in [6.07, 6.45) is 3.24. The summed E-state index contributed by atoms with van der Waals surface area (Å²) in [5.41, 5.74) is 1.16. The zero-order chi connectivity index (χ0) is 16.9. The lowest BCUT2D eigenvalue weighted by atomic mass is 10.1. The summed E-state index contributed by atoms with van der Waals surface area (Å²) < 4.78 is 13.4. The van der Waals surface area contributed by atoms with Crippen LogP contribution >= 0.6 is 0 Å². The van der Waals surface area contributed by atoms with E-state index >= 15 is 0 Å². The van der Waals surface area contributed by atoms with Crippen LogP contribution < -0.4 is 4.74 Å². The van der Waals surface area contributed by atoms with E-state index in [2.05, 4.69) is 36.7 Å². The third-order valence-electron chi connectivity index (χ3n) is 4.44. The second kappa shape index (κ2) is 7.71. The van der Waals surface area contributed by atoms with Crippen molar-refractivity contribution in [2.45, 2.75) is 26.8 Å². The maximum Gasteiger partial charge on any atom is 0.260 e. The molecule has 1 aromatic heterocycles. The molecule has 24 heavy (non-hydrogen) atoms. The molecule has 1 fully saturated rings. The summed E-state index contributed by atoms with van der Waals surface area (Å²) >= 11 is 0. The molecule has 0 aliphatic carbocycles. The first kappa shape index (κ1) is 16.8. The number of hydrogen-bond donors (Lipinski definition) is 0. The van der Waals surface area contributed by atoms with Crippen molar-refractivity contribution >= 4 is 16.8 Å². The maximum atomic E-state index is 12.2. The predicted molar refractivity (Wildman–Crippen MR) is 94.3 cm³/mol. The summed E-state index contributed by atoms with van der Waals surface area (Å²) in [6.45, 7) is 8.07.